The maximum atomic E-state index is 11.4. The molecular weight excluding hydrogens is 238 g/mol. The van der Waals surface area contributed by atoms with Crippen molar-refractivity contribution in [2.75, 3.05) is 5.75 Å². The van der Waals surface area contributed by atoms with Crippen LogP contribution in [0.25, 0.3) is 0 Å². The lowest BCUT2D eigenvalue weighted by molar-refractivity contribution is 0.0981. The van der Waals surface area contributed by atoms with E-state index in [0.29, 0.717) is 5.02 Å². The Balaban J connectivity index is 2.87. The van der Waals surface area contributed by atoms with Crippen molar-refractivity contribution < 1.29 is 13.2 Å². The van der Waals surface area contributed by atoms with Crippen LogP contribution < -0.4 is 4.72 Å². The van der Waals surface area contributed by atoms with Gasteiger partial charge >= 0.3 is 0 Å². The number of hydrogen-bond acceptors (Lipinski definition) is 3. The molecule has 4 nitrogen and oxygen atoms in total. The van der Waals surface area contributed by atoms with Crippen molar-refractivity contribution in [1.29, 1.82) is 0 Å². The van der Waals surface area contributed by atoms with Crippen molar-refractivity contribution in [3.8, 4) is 0 Å². The molecule has 1 amide bonds. The lowest BCUT2D eigenvalue weighted by atomic mass is 10.2. The Kier molecular flexibility index (Phi) is 3.71. The van der Waals surface area contributed by atoms with E-state index in [0.717, 1.165) is 0 Å². The number of amides is 1. The van der Waals surface area contributed by atoms with Crippen LogP contribution in [-0.2, 0) is 10.0 Å². The van der Waals surface area contributed by atoms with Crippen LogP contribution in [0.5, 0.6) is 0 Å². The Morgan fingerprint density at radius 3 is 2.67 bits per heavy atom. The van der Waals surface area contributed by atoms with Gasteiger partial charge < -0.3 is 0 Å². The van der Waals surface area contributed by atoms with Crippen molar-refractivity contribution in [2.24, 2.45) is 0 Å². The molecule has 0 aliphatic carbocycles. The van der Waals surface area contributed by atoms with Crippen molar-refractivity contribution in [3.63, 3.8) is 0 Å². The van der Waals surface area contributed by atoms with Gasteiger partial charge in [-0.15, -0.1) is 0 Å². The number of nitrogens with one attached hydrogen (secondary N) is 1. The summed E-state index contributed by atoms with van der Waals surface area (Å²) in [5.74, 6) is -0.807. The number of carbonyl (C=O) groups is 1. The molecule has 0 spiro atoms. The quantitative estimate of drug-likeness (QED) is 0.879. The fourth-order valence-corrected chi connectivity index (χ4v) is 1.64. The molecule has 6 heteroatoms. The highest BCUT2D eigenvalue weighted by molar-refractivity contribution is 7.90. The molecule has 1 N–H and O–H groups in total. The van der Waals surface area contributed by atoms with Gasteiger partial charge in [0, 0.05) is 10.6 Å². The van der Waals surface area contributed by atoms with Crippen molar-refractivity contribution in [3.05, 3.63) is 34.9 Å². The average molecular weight is 248 g/mol. The van der Waals surface area contributed by atoms with E-state index in [-0.39, 0.29) is 11.3 Å². The molecule has 0 atom stereocenters. The first kappa shape index (κ1) is 12.0. The van der Waals surface area contributed by atoms with Gasteiger partial charge in [-0.05, 0) is 25.1 Å². The van der Waals surface area contributed by atoms with E-state index in [9.17, 15) is 13.2 Å². The number of rotatable bonds is 3. The number of sulfonamides is 1. The van der Waals surface area contributed by atoms with E-state index in [2.05, 4.69) is 0 Å². The summed E-state index contributed by atoms with van der Waals surface area (Å²) in [6.07, 6.45) is 0. The lowest BCUT2D eigenvalue weighted by Crippen LogP contribution is -2.31. The highest BCUT2D eigenvalue weighted by atomic mass is 35.5. The highest BCUT2D eigenvalue weighted by Crippen LogP contribution is 2.10. The lowest BCUT2D eigenvalue weighted by Gasteiger charge is -2.04. The van der Waals surface area contributed by atoms with Gasteiger partial charge in [-0.3, -0.25) is 4.79 Å². The Morgan fingerprint density at radius 1 is 1.47 bits per heavy atom. The van der Waals surface area contributed by atoms with Crippen LogP contribution in [0.1, 0.15) is 17.3 Å². The molecule has 1 aromatic rings. The van der Waals surface area contributed by atoms with Crippen LogP contribution in [0.2, 0.25) is 5.02 Å². The topological polar surface area (TPSA) is 63.2 Å². The van der Waals surface area contributed by atoms with Gasteiger partial charge in [0.25, 0.3) is 5.91 Å². The molecule has 0 heterocycles. The van der Waals surface area contributed by atoms with Gasteiger partial charge in [0.1, 0.15) is 0 Å². The third-order valence-corrected chi connectivity index (χ3v) is 3.21. The van der Waals surface area contributed by atoms with E-state index in [1.807, 2.05) is 4.72 Å². The third-order valence-electron chi connectivity index (χ3n) is 1.72. The molecule has 0 aliphatic heterocycles. The number of hydrogen-bond donors (Lipinski definition) is 1. The Bertz CT molecular complexity index is 470. The van der Waals surface area contributed by atoms with Crippen molar-refractivity contribution in [1.82, 2.24) is 4.72 Å². The van der Waals surface area contributed by atoms with E-state index >= 15 is 0 Å². The molecule has 82 valence electrons. The molecule has 0 saturated carbocycles. The molecular formula is C9H10ClNO3S. The summed E-state index contributed by atoms with van der Waals surface area (Å²) in [6, 6.07) is 6.08. The predicted octanol–water partition coefficient (Wildman–Crippen LogP) is 1.42. The van der Waals surface area contributed by atoms with Gasteiger partial charge in [0.05, 0.1) is 5.75 Å². The SMILES string of the molecule is CCS(=O)(=O)NC(=O)c1cccc(Cl)c1. The monoisotopic (exact) mass is 247 g/mol. The van der Waals surface area contributed by atoms with E-state index in [1.54, 1.807) is 12.1 Å². The second kappa shape index (κ2) is 4.63. The van der Waals surface area contributed by atoms with Crippen LogP contribution in [0.4, 0.5) is 0 Å². The predicted molar refractivity (Wildman–Crippen MR) is 58.4 cm³/mol. The van der Waals surface area contributed by atoms with Crippen LogP contribution in [0.15, 0.2) is 24.3 Å². The maximum Gasteiger partial charge on any atom is 0.264 e. The largest absolute Gasteiger partial charge is 0.268 e. The molecule has 0 bridgehead atoms. The third kappa shape index (κ3) is 3.53. The first-order valence-electron chi connectivity index (χ1n) is 4.25. The zero-order chi connectivity index (χ0) is 11.5. The van der Waals surface area contributed by atoms with Crippen LogP contribution in [0, 0.1) is 0 Å². The minimum Gasteiger partial charge on any atom is -0.268 e. The molecule has 0 aromatic heterocycles. The van der Waals surface area contributed by atoms with Gasteiger partial charge in [0.2, 0.25) is 10.0 Å². The summed E-state index contributed by atoms with van der Waals surface area (Å²) in [6.45, 7) is 1.45. The summed E-state index contributed by atoms with van der Waals surface area (Å²) < 4.78 is 24.1. The summed E-state index contributed by atoms with van der Waals surface area (Å²) in [7, 11) is -3.52. The van der Waals surface area contributed by atoms with Crippen molar-refractivity contribution in [2.45, 2.75) is 6.92 Å². The molecule has 1 aromatic carbocycles. The van der Waals surface area contributed by atoms with E-state index < -0.39 is 15.9 Å². The fraction of sp³-hybridized carbons (Fsp3) is 0.222. The smallest absolute Gasteiger partial charge is 0.264 e. The zero-order valence-corrected chi connectivity index (χ0v) is 9.60. The van der Waals surface area contributed by atoms with Crippen LogP contribution in [0.3, 0.4) is 0 Å². The Labute approximate surface area is 93.3 Å². The Hall–Kier alpha value is -1.07. The van der Waals surface area contributed by atoms with Crippen LogP contribution in [-0.4, -0.2) is 20.1 Å². The van der Waals surface area contributed by atoms with Gasteiger partial charge in [0.15, 0.2) is 0 Å². The van der Waals surface area contributed by atoms with E-state index in [1.165, 1.54) is 19.1 Å². The summed E-state index contributed by atoms with van der Waals surface area (Å²) in [4.78, 5) is 11.4. The zero-order valence-electron chi connectivity index (χ0n) is 8.03. The summed E-state index contributed by atoms with van der Waals surface area (Å²) in [5, 5.41) is 0.386. The maximum absolute atomic E-state index is 11.4. The first-order chi connectivity index (χ1) is 6.94. The number of carbonyl (C=O) groups excluding carboxylic acids is 1. The van der Waals surface area contributed by atoms with Gasteiger partial charge in [-0.25, -0.2) is 13.1 Å². The number of halogens is 1. The molecule has 15 heavy (non-hydrogen) atoms. The molecule has 1 rings (SSSR count). The van der Waals surface area contributed by atoms with Crippen molar-refractivity contribution >= 4 is 27.5 Å². The molecule has 0 saturated heterocycles. The minimum absolute atomic E-state index is 0.140. The summed E-state index contributed by atoms with van der Waals surface area (Å²) in [5.41, 5.74) is 0.222. The van der Waals surface area contributed by atoms with Gasteiger partial charge in [-0.2, -0.15) is 0 Å². The first-order valence-corrected chi connectivity index (χ1v) is 6.28. The molecule has 0 aliphatic rings. The number of benzene rings is 1. The normalized spacial score (nSPS) is 11.1. The highest BCUT2D eigenvalue weighted by Gasteiger charge is 2.13. The Morgan fingerprint density at radius 2 is 2.13 bits per heavy atom. The standard InChI is InChI=1S/C9H10ClNO3S/c1-2-15(13,14)11-9(12)7-4-3-5-8(10)6-7/h3-6H,2H2,1H3,(H,11,12). The minimum atomic E-state index is -3.52. The molecule has 0 fully saturated rings. The van der Waals surface area contributed by atoms with E-state index in [4.69, 9.17) is 11.6 Å². The molecule has 0 radical (unpaired) electrons. The second-order valence-electron chi connectivity index (χ2n) is 2.84. The summed E-state index contributed by atoms with van der Waals surface area (Å²) >= 11 is 5.66. The molecule has 0 unspecified atom stereocenters. The van der Waals surface area contributed by atoms with Gasteiger partial charge in [-0.1, -0.05) is 17.7 Å². The van der Waals surface area contributed by atoms with Crippen LogP contribution >= 0.6 is 11.6 Å². The average Bonchev–Trinajstić information content (AvgIpc) is 2.17. The second-order valence-corrected chi connectivity index (χ2v) is 5.29. The fourth-order valence-electron chi connectivity index (χ4n) is 0.902.